The van der Waals surface area contributed by atoms with Crippen LogP contribution >= 0.6 is 11.6 Å². The summed E-state index contributed by atoms with van der Waals surface area (Å²) >= 11 is 6.10. The summed E-state index contributed by atoms with van der Waals surface area (Å²) in [6, 6.07) is 14.1. The van der Waals surface area contributed by atoms with Crippen molar-refractivity contribution >= 4 is 34.2 Å². The third-order valence-corrected chi connectivity index (χ3v) is 4.96. The van der Waals surface area contributed by atoms with Gasteiger partial charge in [-0.2, -0.15) is 18.4 Å². The van der Waals surface area contributed by atoms with Crippen LogP contribution in [-0.4, -0.2) is 9.97 Å². The van der Waals surface area contributed by atoms with Gasteiger partial charge in [0.05, 0.1) is 17.2 Å². The van der Waals surface area contributed by atoms with E-state index in [1.165, 1.54) is 12.1 Å². The minimum Gasteiger partial charge on any atom is -0.361 e. The Morgan fingerprint density at radius 3 is 2.47 bits per heavy atom. The maximum atomic E-state index is 12.9. The first kappa shape index (κ1) is 23.1. The molecular weight excluding hydrogens is 435 g/mol. The van der Waals surface area contributed by atoms with E-state index >= 15 is 0 Å². The van der Waals surface area contributed by atoms with Gasteiger partial charge in [-0.1, -0.05) is 37.6 Å². The quantitative estimate of drug-likeness (QED) is 0.319. The summed E-state index contributed by atoms with van der Waals surface area (Å²) in [5, 5.41) is 11.1. The Labute approximate surface area is 188 Å². The topological polar surface area (TPSA) is 52.5 Å². The number of allylic oxidation sites excluding steroid dienone is 1. The Morgan fingerprint density at radius 2 is 1.81 bits per heavy atom. The number of nitrogens with zero attached hydrogens (tertiary/aromatic N) is 2. The molecule has 0 aliphatic rings. The van der Waals surface area contributed by atoms with E-state index in [9.17, 15) is 18.4 Å². The molecule has 0 atom stereocenters. The van der Waals surface area contributed by atoms with Crippen molar-refractivity contribution < 1.29 is 13.2 Å². The summed E-state index contributed by atoms with van der Waals surface area (Å²) in [6.07, 6.45) is 2.13. The highest BCUT2D eigenvalue weighted by Crippen LogP contribution is 2.33. The number of aromatic amines is 1. The number of hydrogen-bond acceptors (Lipinski definition) is 2. The smallest absolute Gasteiger partial charge is 0.361 e. The zero-order valence-corrected chi connectivity index (χ0v) is 18.1. The lowest BCUT2D eigenvalue weighted by Crippen LogP contribution is -2.04. The Hall–Kier alpha value is -3.56. The molecule has 2 aromatic carbocycles. The van der Waals surface area contributed by atoms with Crippen molar-refractivity contribution in [1.82, 2.24) is 9.97 Å². The van der Waals surface area contributed by atoms with E-state index in [0.717, 1.165) is 23.0 Å². The van der Waals surface area contributed by atoms with E-state index in [2.05, 4.69) is 16.0 Å². The van der Waals surface area contributed by atoms with Gasteiger partial charge in [0.15, 0.2) is 0 Å². The second kappa shape index (κ2) is 9.71. The highest BCUT2D eigenvalue weighted by molar-refractivity contribution is 6.31. The third kappa shape index (κ3) is 4.84. The molecule has 4 rings (SSSR count). The average Bonchev–Trinajstić information content (AvgIpc) is 3.21. The Morgan fingerprint density at radius 1 is 1.09 bits per heavy atom. The van der Waals surface area contributed by atoms with Crippen molar-refractivity contribution in [3.8, 4) is 17.2 Å². The molecule has 0 saturated heterocycles. The first-order valence-electron chi connectivity index (χ1n) is 9.87. The number of halogens is 4. The van der Waals surface area contributed by atoms with Crippen LogP contribution in [0.3, 0.4) is 0 Å². The number of benzene rings is 2. The minimum absolute atomic E-state index is 0.379. The maximum absolute atomic E-state index is 12.9. The first-order chi connectivity index (χ1) is 15.4. The van der Waals surface area contributed by atoms with Crippen molar-refractivity contribution in [2.75, 3.05) is 0 Å². The van der Waals surface area contributed by atoms with Crippen LogP contribution in [0.25, 0.3) is 33.7 Å². The van der Waals surface area contributed by atoms with Crippen LogP contribution in [0.4, 0.5) is 13.2 Å². The van der Waals surface area contributed by atoms with Crippen molar-refractivity contribution in [1.29, 1.82) is 5.26 Å². The van der Waals surface area contributed by atoms with Gasteiger partial charge in [-0.05, 0) is 53.6 Å². The van der Waals surface area contributed by atoms with Gasteiger partial charge in [-0.3, -0.25) is 4.98 Å². The van der Waals surface area contributed by atoms with Crippen LogP contribution in [-0.2, 0) is 6.18 Å². The molecule has 0 bridgehead atoms. The molecule has 4 aromatic rings. The molecule has 2 heterocycles. The van der Waals surface area contributed by atoms with Gasteiger partial charge in [-0.25, -0.2) is 0 Å². The van der Waals surface area contributed by atoms with Crippen LogP contribution in [0.5, 0.6) is 0 Å². The fraction of sp³-hybridized carbons (Fsp3) is 0.120. The zero-order valence-electron chi connectivity index (χ0n) is 17.3. The van der Waals surface area contributed by atoms with E-state index < -0.39 is 11.7 Å². The molecule has 0 aliphatic heterocycles. The van der Waals surface area contributed by atoms with Gasteiger partial charge in [-0.15, -0.1) is 0 Å². The number of rotatable bonds is 3. The lowest BCUT2D eigenvalue weighted by atomic mass is 9.97. The van der Waals surface area contributed by atoms with Gasteiger partial charge in [0.1, 0.15) is 0 Å². The predicted octanol–water partition coefficient (Wildman–Crippen LogP) is 7.99. The predicted molar refractivity (Wildman–Crippen MR) is 123 cm³/mol. The van der Waals surface area contributed by atoms with Gasteiger partial charge >= 0.3 is 6.18 Å². The maximum Gasteiger partial charge on any atom is 0.416 e. The fourth-order valence-corrected chi connectivity index (χ4v) is 3.44. The SMILES string of the molecule is CC.N#C/C(=C\c1cnccc1-c1ccc(C(F)(F)F)cc1)c1c[nH]c2ccc(Cl)cc12. The number of aromatic nitrogens is 2. The van der Waals surface area contributed by atoms with Gasteiger partial charge in [0.2, 0.25) is 0 Å². The average molecular weight is 454 g/mol. The highest BCUT2D eigenvalue weighted by atomic mass is 35.5. The molecule has 32 heavy (non-hydrogen) atoms. The van der Waals surface area contributed by atoms with Crippen molar-refractivity contribution in [2.24, 2.45) is 0 Å². The van der Waals surface area contributed by atoms with Crippen LogP contribution in [0.15, 0.2) is 67.1 Å². The molecule has 0 spiro atoms. The number of H-pyrrole nitrogens is 1. The number of fused-ring (bicyclic) bond motifs is 1. The van der Waals surface area contributed by atoms with E-state index in [1.807, 2.05) is 19.9 Å². The molecule has 162 valence electrons. The summed E-state index contributed by atoms with van der Waals surface area (Å²) in [4.78, 5) is 7.22. The largest absolute Gasteiger partial charge is 0.416 e. The monoisotopic (exact) mass is 453 g/mol. The molecule has 2 aromatic heterocycles. The number of alkyl halides is 3. The summed E-state index contributed by atoms with van der Waals surface area (Å²) in [7, 11) is 0. The van der Waals surface area contributed by atoms with Crippen LogP contribution < -0.4 is 0 Å². The summed E-state index contributed by atoms with van der Waals surface area (Å²) < 4.78 is 38.6. The molecule has 0 saturated carbocycles. The summed E-state index contributed by atoms with van der Waals surface area (Å²) in [5.74, 6) is 0. The lowest BCUT2D eigenvalue weighted by molar-refractivity contribution is -0.137. The molecule has 7 heteroatoms. The van der Waals surface area contributed by atoms with E-state index in [0.29, 0.717) is 32.8 Å². The van der Waals surface area contributed by atoms with Crippen molar-refractivity contribution in [2.45, 2.75) is 20.0 Å². The summed E-state index contributed by atoms with van der Waals surface area (Å²) in [5.41, 5.74) is 3.06. The van der Waals surface area contributed by atoms with Gasteiger partial charge < -0.3 is 4.98 Å². The van der Waals surface area contributed by atoms with Gasteiger partial charge in [0.25, 0.3) is 0 Å². The van der Waals surface area contributed by atoms with Crippen LogP contribution in [0, 0.1) is 11.3 Å². The molecule has 3 nitrogen and oxygen atoms in total. The van der Waals surface area contributed by atoms with Gasteiger partial charge in [0, 0.05) is 45.6 Å². The Balaban J connectivity index is 0.00000141. The molecule has 0 fully saturated rings. The molecule has 0 amide bonds. The molecule has 0 unspecified atom stereocenters. The Bertz CT molecular complexity index is 1300. The normalized spacial score (nSPS) is 11.6. The van der Waals surface area contributed by atoms with E-state index in [-0.39, 0.29) is 0 Å². The second-order valence-electron chi connectivity index (χ2n) is 6.60. The van der Waals surface area contributed by atoms with Crippen LogP contribution in [0.2, 0.25) is 5.02 Å². The number of nitriles is 1. The zero-order chi connectivity index (χ0) is 23.3. The number of pyridine rings is 1. The lowest BCUT2D eigenvalue weighted by Gasteiger charge is -2.10. The summed E-state index contributed by atoms with van der Waals surface area (Å²) in [6.45, 7) is 4.00. The fourth-order valence-electron chi connectivity index (χ4n) is 3.26. The Kier molecular flexibility index (Phi) is 7.01. The standard InChI is InChI=1S/C23H13ClF3N3.C2H6/c24-18-5-6-22-20(10-18)21(13-30-22)15(11-28)9-16-12-29-8-7-19(16)14-1-3-17(4-2-14)23(25,26)27;1-2/h1-10,12-13,30H;1-2H3/b15-9+;. The molecule has 0 radical (unpaired) electrons. The van der Waals surface area contributed by atoms with E-state index in [1.54, 1.807) is 42.9 Å². The first-order valence-corrected chi connectivity index (χ1v) is 10.2. The number of nitrogens with one attached hydrogen (secondary N) is 1. The van der Waals surface area contributed by atoms with Crippen molar-refractivity contribution in [3.05, 3.63) is 88.8 Å². The third-order valence-electron chi connectivity index (χ3n) is 4.73. The van der Waals surface area contributed by atoms with Crippen LogP contribution in [0.1, 0.15) is 30.5 Å². The molecule has 1 N–H and O–H groups in total. The molecular formula is C25H19ClF3N3. The van der Waals surface area contributed by atoms with E-state index in [4.69, 9.17) is 11.6 Å². The highest BCUT2D eigenvalue weighted by Gasteiger charge is 2.30. The molecule has 0 aliphatic carbocycles. The second-order valence-corrected chi connectivity index (χ2v) is 7.04. The number of hydrogen-bond donors (Lipinski definition) is 1. The van der Waals surface area contributed by atoms with Crippen molar-refractivity contribution in [3.63, 3.8) is 0 Å². The minimum atomic E-state index is -4.40.